The van der Waals surface area contributed by atoms with Gasteiger partial charge in [-0.15, -0.1) is 10.2 Å². The summed E-state index contributed by atoms with van der Waals surface area (Å²) in [6.07, 6.45) is 0. The number of hydrogen-bond acceptors (Lipinski definition) is 4. The molecule has 1 aromatic carbocycles. The number of nitrogens with zero attached hydrogens (tertiary/aromatic N) is 2. The fraction of sp³-hybridized carbons (Fsp3) is 0.200. The van der Waals surface area contributed by atoms with Crippen LogP contribution in [-0.4, -0.2) is 10.2 Å². The molecule has 0 aliphatic carbocycles. The summed E-state index contributed by atoms with van der Waals surface area (Å²) >= 11 is 6.89. The molecule has 0 saturated carbocycles. The maximum absolute atomic E-state index is 13.0. The molecule has 2 rings (SSSR count). The van der Waals surface area contributed by atoms with Gasteiger partial charge in [0.2, 0.25) is 4.47 Å². The van der Waals surface area contributed by atoms with Crippen LogP contribution in [0.3, 0.4) is 0 Å². The summed E-state index contributed by atoms with van der Waals surface area (Å²) in [6.45, 7) is 1.97. The average molecular weight is 259 g/mol. The van der Waals surface area contributed by atoms with Crippen LogP contribution >= 0.6 is 22.9 Å². The molecule has 0 aliphatic rings. The first-order valence-electron chi connectivity index (χ1n) is 4.52. The smallest absolute Gasteiger partial charge is 0.207 e. The van der Waals surface area contributed by atoms with Gasteiger partial charge in [0.05, 0.1) is 0 Å². The molecule has 0 aliphatic heterocycles. The van der Waals surface area contributed by atoms with E-state index >= 15 is 0 Å². The van der Waals surface area contributed by atoms with E-state index in [-0.39, 0.29) is 12.4 Å². The van der Waals surface area contributed by atoms with Gasteiger partial charge in [0, 0.05) is 0 Å². The minimum Gasteiger partial charge on any atom is -0.486 e. The lowest BCUT2D eigenvalue weighted by Crippen LogP contribution is -1.95. The number of benzene rings is 1. The molecule has 6 heteroatoms. The standard InChI is InChI=1S/C10H8ClFN2OS/c1-6-4-7(2-3-8(6)12)15-5-9-13-14-10(11)16-9/h2-4H,5H2,1H3. The monoisotopic (exact) mass is 258 g/mol. The van der Waals surface area contributed by atoms with Crippen molar-refractivity contribution in [2.75, 3.05) is 0 Å². The minimum atomic E-state index is -0.244. The molecule has 2 aromatic rings. The molecule has 84 valence electrons. The Hall–Kier alpha value is -1.20. The summed E-state index contributed by atoms with van der Waals surface area (Å²) in [7, 11) is 0. The Kier molecular flexibility index (Phi) is 3.36. The van der Waals surface area contributed by atoms with Gasteiger partial charge in [0.25, 0.3) is 0 Å². The lowest BCUT2D eigenvalue weighted by molar-refractivity contribution is 0.304. The van der Waals surface area contributed by atoms with Crippen molar-refractivity contribution in [3.05, 3.63) is 39.1 Å². The van der Waals surface area contributed by atoms with E-state index in [1.54, 1.807) is 19.1 Å². The molecule has 0 N–H and O–H groups in total. The second-order valence-electron chi connectivity index (χ2n) is 3.15. The van der Waals surface area contributed by atoms with E-state index in [4.69, 9.17) is 16.3 Å². The molecule has 0 fully saturated rings. The molecule has 0 bridgehead atoms. The Morgan fingerprint density at radius 1 is 1.44 bits per heavy atom. The van der Waals surface area contributed by atoms with Gasteiger partial charge >= 0.3 is 0 Å². The SMILES string of the molecule is Cc1cc(OCc2nnc(Cl)s2)ccc1F. The van der Waals surface area contributed by atoms with Gasteiger partial charge in [-0.05, 0) is 42.3 Å². The number of aromatic nitrogens is 2. The van der Waals surface area contributed by atoms with Crippen LogP contribution in [-0.2, 0) is 6.61 Å². The van der Waals surface area contributed by atoms with Crippen LogP contribution in [0.1, 0.15) is 10.6 Å². The van der Waals surface area contributed by atoms with Gasteiger partial charge in [-0.3, -0.25) is 0 Å². The molecular weight excluding hydrogens is 251 g/mol. The van der Waals surface area contributed by atoms with E-state index in [0.29, 0.717) is 20.8 Å². The maximum Gasteiger partial charge on any atom is 0.207 e. The molecular formula is C10H8ClFN2OS. The highest BCUT2D eigenvalue weighted by atomic mass is 35.5. The van der Waals surface area contributed by atoms with Crippen LogP contribution in [0, 0.1) is 12.7 Å². The van der Waals surface area contributed by atoms with Gasteiger partial charge in [0.15, 0.2) is 5.01 Å². The third-order valence-corrected chi connectivity index (χ3v) is 2.93. The van der Waals surface area contributed by atoms with Crippen LogP contribution in [0.4, 0.5) is 4.39 Å². The summed E-state index contributed by atoms with van der Waals surface area (Å²) < 4.78 is 18.8. The minimum absolute atomic E-state index is 0.244. The Balaban J connectivity index is 2.02. The molecule has 16 heavy (non-hydrogen) atoms. The number of halogens is 2. The lowest BCUT2D eigenvalue weighted by Gasteiger charge is -2.04. The van der Waals surface area contributed by atoms with Crippen LogP contribution in [0.2, 0.25) is 4.47 Å². The van der Waals surface area contributed by atoms with Crippen LogP contribution in [0.5, 0.6) is 5.75 Å². The average Bonchev–Trinajstić information content (AvgIpc) is 2.66. The van der Waals surface area contributed by atoms with E-state index in [0.717, 1.165) is 0 Å². The Bertz CT molecular complexity index is 503. The second kappa shape index (κ2) is 4.76. The fourth-order valence-corrected chi connectivity index (χ4v) is 1.92. The molecule has 0 spiro atoms. The van der Waals surface area contributed by atoms with Gasteiger partial charge in [-0.25, -0.2) is 4.39 Å². The van der Waals surface area contributed by atoms with Crippen LogP contribution in [0.15, 0.2) is 18.2 Å². The summed E-state index contributed by atoms with van der Waals surface area (Å²) in [5.41, 5.74) is 0.549. The quantitative estimate of drug-likeness (QED) is 0.848. The first-order chi connectivity index (χ1) is 7.65. The lowest BCUT2D eigenvalue weighted by atomic mass is 10.2. The van der Waals surface area contributed by atoms with Crippen molar-refractivity contribution >= 4 is 22.9 Å². The molecule has 0 atom stereocenters. The molecule has 0 saturated heterocycles. The summed E-state index contributed by atoms with van der Waals surface area (Å²) in [5, 5.41) is 8.15. The molecule has 1 aromatic heterocycles. The van der Waals surface area contributed by atoms with Crippen LogP contribution < -0.4 is 4.74 Å². The predicted molar refractivity (Wildman–Crippen MR) is 60.4 cm³/mol. The molecule has 0 radical (unpaired) electrons. The van der Waals surface area contributed by atoms with E-state index < -0.39 is 0 Å². The number of aryl methyl sites for hydroxylation is 1. The number of ether oxygens (including phenoxy) is 1. The Morgan fingerprint density at radius 2 is 2.25 bits per heavy atom. The first kappa shape index (κ1) is 11.3. The summed E-state index contributed by atoms with van der Waals surface area (Å²) in [5.74, 6) is 0.358. The first-order valence-corrected chi connectivity index (χ1v) is 5.71. The molecule has 0 unspecified atom stereocenters. The fourth-order valence-electron chi connectivity index (χ4n) is 1.14. The Morgan fingerprint density at radius 3 is 2.88 bits per heavy atom. The molecule has 1 heterocycles. The maximum atomic E-state index is 13.0. The highest BCUT2D eigenvalue weighted by Gasteiger charge is 2.04. The van der Waals surface area contributed by atoms with E-state index in [1.807, 2.05) is 0 Å². The largest absolute Gasteiger partial charge is 0.486 e. The predicted octanol–water partition coefficient (Wildman–Crippen LogP) is 3.22. The molecule has 0 amide bonds. The Labute approximate surface area is 101 Å². The van der Waals surface area contributed by atoms with E-state index in [2.05, 4.69) is 10.2 Å². The topological polar surface area (TPSA) is 35.0 Å². The van der Waals surface area contributed by atoms with Crippen molar-refractivity contribution in [1.82, 2.24) is 10.2 Å². The van der Waals surface area contributed by atoms with Crippen molar-refractivity contribution < 1.29 is 9.13 Å². The third kappa shape index (κ3) is 2.68. The van der Waals surface area contributed by atoms with Gasteiger partial charge in [-0.1, -0.05) is 11.3 Å². The zero-order valence-electron chi connectivity index (χ0n) is 8.41. The van der Waals surface area contributed by atoms with Crippen molar-refractivity contribution in [3.8, 4) is 5.75 Å². The summed E-state index contributed by atoms with van der Waals surface area (Å²) in [4.78, 5) is 0. The van der Waals surface area contributed by atoms with Crippen LogP contribution in [0.25, 0.3) is 0 Å². The summed E-state index contributed by atoms with van der Waals surface area (Å²) in [6, 6.07) is 4.58. The zero-order valence-corrected chi connectivity index (χ0v) is 9.98. The van der Waals surface area contributed by atoms with E-state index in [1.165, 1.54) is 17.4 Å². The second-order valence-corrected chi connectivity index (χ2v) is 4.79. The van der Waals surface area contributed by atoms with E-state index in [9.17, 15) is 4.39 Å². The highest BCUT2D eigenvalue weighted by molar-refractivity contribution is 7.15. The normalized spacial score (nSPS) is 10.4. The van der Waals surface area contributed by atoms with Gasteiger partial charge in [-0.2, -0.15) is 0 Å². The van der Waals surface area contributed by atoms with Crippen molar-refractivity contribution in [3.63, 3.8) is 0 Å². The number of hydrogen-bond donors (Lipinski definition) is 0. The zero-order chi connectivity index (χ0) is 11.5. The highest BCUT2D eigenvalue weighted by Crippen LogP contribution is 2.19. The van der Waals surface area contributed by atoms with Gasteiger partial charge in [0.1, 0.15) is 18.2 Å². The van der Waals surface area contributed by atoms with Crippen molar-refractivity contribution in [1.29, 1.82) is 0 Å². The van der Waals surface area contributed by atoms with Crippen molar-refractivity contribution in [2.45, 2.75) is 13.5 Å². The van der Waals surface area contributed by atoms with Crippen molar-refractivity contribution in [2.24, 2.45) is 0 Å². The van der Waals surface area contributed by atoms with Gasteiger partial charge < -0.3 is 4.74 Å². The third-order valence-electron chi connectivity index (χ3n) is 1.93. The number of rotatable bonds is 3. The molecule has 3 nitrogen and oxygen atoms in total.